The SMILES string of the molecule is O=C(NC1CCCC1)[C@@H](c1ccco1)N(Cc1ccccc1)C(=O)c1csnn1. The van der Waals surface area contributed by atoms with Gasteiger partial charge in [-0.2, -0.15) is 0 Å². The van der Waals surface area contributed by atoms with Crippen LogP contribution in [0.4, 0.5) is 0 Å². The van der Waals surface area contributed by atoms with Crippen LogP contribution >= 0.6 is 11.5 Å². The Morgan fingerprint density at radius 2 is 1.97 bits per heavy atom. The molecule has 2 aromatic heterocycles. The number of amides is 2. The smallest absolute Gasteiger partial charge is 0.276 e. The number of carbonyl (C=O) groups excluding carboxylic acids is 2. The highest BCUT2D eigenvalue weighted by molar-refractivity contribution is 7.03. The summed E-state index contributed by atoms with van der Waals surface area (Å²) >= 11 is 1.10. The first-order valence-corrected chi connectivity index (χ1v) is 10.5. The van der Waals surface area contributed by atoms with E-state index in [9.17, 15) is 9.59 Å². The normalized spacial score (nSPS) is 15.2. The molecule has 1 aromatic carbocycles. The highest BCUT2D eigenvalue weighted by Crippen LogP contribution is 2.27. The Labute approximate surface area is 172 Å². The highest BCUT2D eigenvalue weighted by atomic mass is 32.1. The van der Waals surface area contributed by atoms with Crippen LogP contribution in [0.1, 0.15) is 53.5 Å². The lowest BCUT2D eigenvalue weighted by molar-refractivity contribution is -0.127. The van der Waals surface area contributed by atoms with Crippen LogP contribution in [0, 0.1) is 0 Å². The number of hydrogen-bond donors (Lipinski definition) is 1. The van der Waals surface area contributed by atoms with Gasteiger partial charge in [0.15, 0.2) is 11.7 Å². The molecule has 0 aliphatic heterocycles. The van der Waals surface area contributed by atoms with Crippen molar-refractivity contribution in [3.63, 3.8) is 0 Å². The molecule has 2 amide bonds. The molecule has 1 fully saturated rings. The van der Waals surface area contributed by atoms with Crippen molar-refractivity contribution in [2.45, 2.75) is 44.3 Å². The predicted octanol–water partition coefficient (Wildman–Crippen LogP) is 3.57. The number of hydrogen-bond acceptors (Lipinski definition) is 6. The van der Waals surface area contributed by atoms with Crippen molar-refractivity contribution in [2.24, 2.45) is 0 Å². The maximum atomic E-state index is 13.3. The maximum absolute atomic E-state index is 13.3. The summed E-state index contributed by atoms with van der Waals surface area (Å²) in [5.41, 5.74) is 1.13. The largest absolute Gasteiger partial charge is 0.467 e. The summed E-state index contributed by atoms with van der Waals surface area (Å²) in [6.07, 6.45) is 5.64. The van der Waals surface area contributed by atoms with Crippen molar-refractivity contribution in [2.75, 3.05) is 0 Å². The zero-order valence-corrected chi connectivity index (χ0v) is 16.7. The van der Waals surface area contributed by atoms with Crippen molar-refractivity contribution in [1.29, 1.82) is 0 Å². The fraction of sp³-hybridized carbons (Fsp3) is 0.333. The zero-order valence-electron chi connectivity index (χ0n) is 15.9. The quantitative estimate of drug-likeness (QED) is 0.643. The van der Waals surface area contributed by atoms with Crippen molar-refractivity contribution in [1.82, 2.24) is 19.8 Å². The van der Waals surface area contributed by atoms with Crippen molar-refractivity contribution < 1.29 is 14.0 Å². The van der Waals surface area contributed by atoms with Gasteiger partial charge in [0.2, 0.25) is 0 Å². The van der Waals surface area contributed by atoms with E-state index in [0.29, 0.717) is 5.76 Å². The average Bonchev–Trinajstić information content (AvgIpc) is 3.51. The summed E-state index contributed by atoms with van der Waals surface area (Å²) in [5, 5.41) is 8.62. The summed E-state index contributed by atoms with van der Waals surface area (Å²) in [7, 11) is 0. The van der Waals surface area contributed by atoms with E-state index < -0.39 is 6.04 Å². The van der Waals surface area contributed by atoms with Gasteiger partial charge in [-0.15, -0.1) is 5.10 Å². The van der Waals surface area contributed by atoms with Gasteiger partial charge in [0, 0.05) is 18.0 Å². The first-order chi connectivity index (χ1) is 14.2. The Bertz CT molecular complexity index is 922. The Kier molecular flexibility index (Phi) is 6.00. The number of carbonyl (C=O) groups is 2. The molecule has 7 nitrogen and oxygen atoms in total. The van der Waals surface area contributed by atoms with Gasteiger partial charge in [-0.05, 0) is 42.1 Å². The summed E-state index contributed by atoms with van der Waals surface area (Å²) in [4.78, 5) is 28.1. The Morgan fingerprint density at radius 1 is 1.17 bits per heavy atom. The number of nitrogens with one attached hydrogen (secondary N) is 1. The van der Waals surface area contributed by atoms with E-state index in [-0.39, 0.29) is 30.1 Å². The number of nitrogens with zero attached hydrogens (tertiary/aromatic N) is 3. The fourth-order valence-corrected chi connectivity index (χ4v) is 4.12. The van der Waals surface area contributed by atoms with Gasteiger partial charge in [0.1, 0.15) is 5.76 Å². The Hall–Kier alpha value is -3.00. The van der Waals surface area contributed by atoms with Gasteiger partial charge in [-0.3, -0.25) is 9.59 Å². The first kappa shape index (κ1) is 19.3. The van der Waals surface area contributed by atoms with E-state index in [0.717, 1.165) is 42.8 Å². The number of furan rings is 1. The van der Waals surface area contributed by atoms with E-state index >= 15 is 0 Å². The van der Waals surface area contributed by atoms with E-state index in [1.807, 2.05) is 30.3 Å². The van der Waals surface area contributed by atoms with Crippen LogP contribution in [0.2, 0.25) is 0 Å². The zero-order chi connectivity index (χ0) is 20.1. The second kappa shape index (κ2) is 9.00. The van der Waals surface area contributed by atoms with E-state index in [4.69, 9.17) is 4.42 Å². The molecule has 2 heterocycles. The topological polar surface area (TPSA) is 88.3 Å². The molecule has 0 spiro atoms. The molecule has 1 N–H and O–H groups in total. The average molecular weight is 410 g/mol. The van der Waals surface area contributed by atoms with Crippen molar-refractivity contribution in [3.05, 3.63) is 71.1 Å². The summed E-state index contributed by atoms with van der Waals surface area (Å²) < 4.78 is 9.38. The third-order valence-corrected chi connectivity index (χ3v) is 5.61. The lowest BCUT2D eigenvalue weighted by Crippen LogP contribution is -2.45. The number of aromatic nitrogens is 2. The van der Waals surface area contributed by atoms with Crippen LogP contribution < -0.4 is 5.32 Å². The minimum Gasteiger partial charge on any atom is -0.467 e. The molecule has 1 aliphatic rings. The minimum absolute atomic E-state index is 0.134. The third kappa shape index (κ3) is 4.54. The molecule has 0 radical (unpaired) electrons. The second-order valence-electron chi connectivity index (χ2n) is 7.12. The van der Waals surface area contributed by atoms with Crippen LogP contribution in [0.3, 0.4) is 0 Å². The maximum Gasteiger partial charge on any atom is 0.276 e. The van der Waals surface area contributed by atoms with Crippen LogP contribution in [-0.4, -0.2) is 32.3 Å². The van der Waals surface area contributed by atoms with Crippen LogP contribution in [0.5, 0.6) is 0 Å². The van der Waals surface area contributed by atoms with Gasteiger partial charge in [-0.1, -0.05) is 47.7 Å². The Morgan fingerprint density at radius 3 is 2.62 bits per heavy atom. The summed E-state index contributed by atoms with van der Waals surface area (Å²) in [6, 6.07) is 12.3. The standard InChI is InChI=1S/C21H22N4O3S/c26-20(22-16-9-4-5-10-16)19(18-11-6-12-28-18)25(13-15-7-2-1-3-8-15)21(27)17-14-29-24-23-17/h1-3,6-8,11-12,14,16,19H,4-5,9-10,13H2,(H,22,26)/t19-/m1/s1. The lowest BCUT2D eigenvalue weighted by Gasteiger charge is -2.30. The van der Waals surface area contributed by atoms with E-state index in [1.165, 1.54) is 11.2 Å². The van der Waals surface area contributed by atoms with E-state index in [1.54, 1.807) is 17.5 Å². The van der Waals surface area contributed by atoms with Crippen LogP contribution in [0.15, 0.2) is 58.5 Å². The predicted molar refractivity (Wildman–Crippen MR) is 108 cm³/mol. The summed E-state index contributed by atoms with van der Waals surface area (Å²) in [5.74, 6) is -0.169. The fourth-order valence-electron chi connectivity index (χ4n) is 3.69. The molecule has 0 unspecified atom stereocenters. The molecule has 4 rings (SSSR count). The molecular weight excluding hydrogens is 388 g/mol. The molecule has 150 valence electrons. The highest BCUT2D eigenvalue weighted by Gasteiger charge is 2.36. The molecule has 8 heteroatoms. The molecule has 1 atom stereocenters. The Balaban J connectivity index is 1.68. The minimum atomic E-state index is -0.889. The van der Waals surface area contributed by atoms with Crippen molar-refractivity contribution >= 4 is 23.3 Å². The molecule has 0 saturated heterocycles. The van der Waals surface area contributed by atoms with Gasteiger partial charge in [-0.25, -0.2) is 0 Å². The molecular formula is C21H22N4O3S. The first-order valence-electron chi connectivity index (χ1n) is 9.68. The molecule has 29 heavy (non-hydrogen) atoms. The molecule has 0 bridgehead atoms. The van der Waals surface area contributed by atoms with Gasteiger partial charge in [0.05, 0.1) is 6.26 Å². The van der Waals surface area contributed by atoms with Crippen molar-refractivity contribution in [3.8, 4) is 0 Å². The third-order valence-electron chi connectivity index (χ3n) is 5.11. The van der Waals surface area contributed by atoms with Crippen LogP contribution in [-0.2, 0) is 11.3 Å². The molecule has 1 saturated carbocycles. The molecule has 3 aromatic rings. The van der Waals surface area contributed by atoms with Gasteiger partial charge < -0.3 is 14.6 Å². The van der Waals surface area contributed by atoms with Gasteiger partial charge >= 0.3 is 0 Å². The summed E-state index contributed by atoms with van der Waals surface area (Å²) in [6.45, 7) is 0.251. The van der Waals surface area contributed by atoms with E-state index in [2.05, 4.69) is 14.9 Å². The molecule has 1 aliphatic carbocycles. The second-order valence-corrected chi connectivity index (χ2v) is 7.73. The van der Waals surface area contributed by atoms with Gasteiger partial charge in [0.25, 0.3) is 11.8 Å². The van der Waals surface area contributed by atoms with Crippen LogP contribution in [0.25, 0.3) is 0 Å². The number of benzene rings is 1. The monoisotopic (exact) mass is 410 g/mol. The number of rotatable bonds is 7. The lowest BCUT2D eigenvalue weighted by atomic mass is 10.1.